The average molecular weight is 433 g/mol. The van der Waals surface area contributed by atoms with E-state index in [1.165, 1.54) is 6.08 Å². The molecule has 0 amide bonds. The molecule has 0 spiro atoms. The zero-order valence-corrected chi connectivity index (χ0v) is 18.6. The van der Waals surface area contributed by atoms with E-state index in [4.69, 9.17) is 4.74 Å². The maximum Gasteiger partial charge on any atom is 0.331 e. The van der Waals surface area contributed by atoms with Gasteiger partial charge >= 0.3 is 5.97 Å². The fourth-order valence-electron chi connectivity index (χ4n) is 7.00. The minimum absolute atomic E-state index is 0.0963. The van der Waals surface area contributed by atoms with Crippen molar-refractivity contribution in [3.8, 4) is 0 Å². The fourth-order valence-corrected chi connectivity index (χ4v) is 7.00. The number of aliphatic hydroxyl groups is 4. The second-order valence-corrected chi connectivity index (χ2v) is 10.3. The van der Waals surface area contributed by atoms with Crippen molar-refractivity contribution in [2.45, 2.75) is 63.9 Å². The normalized spacial score (nSPS) is 47.6. The third-order valence-corrected chi connectivity index (χ3v) is 8.57. The van der Waals surface area contributed by atoms with Crippen molar-refractivity contribution < 1.29 is 34.8 Å². The number of ether oxygens (including phenoxy) is 1. The first-order chi connectivity index (χ1) is 14.3. The predicted molar refractivity (Wildman–Crippen MR) is 112 cm³/mol. The monoisotopic (exact) mass is 432 g/mol. The first-order valence-corrected chi connectivity index (χ1v) is 10.9. The van der Waals surface area contributed by atoms with Gasteiger partial charge in [0, 0.05) is 41.6 Å². The molecule has 4 aliphatic rings. The molecular weight excluding hydrogens is 400 g/mol. The van der Waals surface area contributed by atoms with Crippen LogP contribution in [0.3, 0.4) is 0 Å². The molecule has 4 aliphatic carbocycles. The van der Waals surface area contributed by atoms with E-state index in [1.807, 2.05) is 13.8 Å². The molecule has 2 saturated carbocycles. The molecule has 7 heteroatoms. The first-order valence-electron chi connectivity index (χ1n) is 10.9. The summed E-state index contributed by atoms with van der Waals surface area (Å²) in [6.07, 6.45) is 4.88. The number of carbonyl (C=O) groups is 2. The molecule has 4 rings (SSSR count). The zero-order valence-electron chi connectivity index (χ0n) is 18.6. The summed E-state index contributed by atoms with van der Waals surface area (Å²) in [4.78, 5) is 25.3. The van der Waals surface area contributed by atoms with Gasteiger partial charge in [-0.05, 0) is 25.0 Å². The van der Waals surface area contributed by atoms with Crippen LogP contribution in [0.25, 0.3) is 0 Å². The molecule has 0 heterocycles. The lowest BCUT2D eigenvalue weighted by Crippen LogP contribution is -2.65. The highest BCUT2D eigenvalue weighted by molar-refractivity contribution is 6.04. The molecule has 170 valence electrons. The Morgan fingerprint density at radius 2 is 1.94 bits per heavy atom. The van der Waals surface area contributed by atoms with E-state index in [9.17, 15) is 30.0 Å². The summed E-state index contributed by atoms with van der Waals surface area (Å²) in [5, 5.41) is 45.0. The van der Waals surface area contributed by atoms with Gasteiger partial charge in [-0.15, -0.1) is 0 Å². The number of aliphatic hydroxyl groups excluding tert-OH is 2. The first kappa shape index (κ1) is 22.4. The molecule has 0 radical (unpaired) electrons. The number of Topliss-reactive ketones (excluding diaryl/α,β-unsaturated/α-hetero) is 1. The minimum Gasteiger partial charge on any atom is -0.452 e. The van der Waals surface area contributed by atoms with E-state index >= 15 is 0 Å². The van der Waals surface area contributed by atoms with Gasteiger partial charge in [0.05, 0.1) is 18.3 Å². The van der Waals surface area contributed by atoms with Crippen LogP contribution in [0.2, 0.25) is 0 Å². The molecule has 0 unspecified atom stereocenters. The van der Waals surface area contributed by atoms with E-state index < -0.39 is 63.7 Å². The number of allylic oxidation sites excluding steroid dienone is 1. The number of hydrogen-bond acceptors (Lipinski definition) is 7. The standard InChI is InChI=1S/C24H32O7/c1-6-7-17(26)31-24-18(21(24,4)5)15-9-14(11-25)10-22(29)16(8-12(2)19(22)27)23(15,30)13(3)20(24)28/h6-9,13,15-16,18,20,25,28-30H,10-11H2,1-5H3/b7-6+/t13-,15+,16-,18-,20-,22-,23-,24-/m1/s1. The van der Waals surface area contributed by atoms with E-state index in [2.05, 4.69) is 0 Å². The lowest BCUT2D eigenvalue weighted by atomic mass is 9.59. The zero-order chi connectivity index (χ0) is 23.1. The second-order valence-electron chi connectivity index (χ2n) is 10.3. The Morgan fingerprint density at radius 3 is 2.52 bits per heavy atom. The van der Waals surface area contributed by atoms with Crippen LogP contribution in [0.1, 0.15) is 41.0 Å². The van der Waals surface area contributed by atoms with Crippen molar-refractivity contribution in [3.63, 3.8) is 0 Å². The Morgan fingerprint density at radius 1 is 1.29 bits per heavy atom. The van der Waals surface area contributed by atoms with Crippen LogP contribution in [0.4, 0.5) is 0 Å². The number of hydrogen-bond donors (Lipinski definition) is 4. The number of ketones is 1. The Labute approximate surface area is 182 Å². The molecule has 0 saturated heterocycles. The summed E-state index contributed by atoms with van der Waals surface area (Å²) in [6.45, 7) is 8.35. The highest BCUT2D eigenvalue weighted by Crippen LogP contribution is 2.76. The highest BCUT2D eigenvalue weighted by atomic mass is 16.6. The molecule has 0 aromatic rings. The maximum atomic E-state index is 12.9. The van der Waals surface area contributed by atoms with Crippen molar-refractivity contribution in [1.82, 2.24) is 0 Å². The van der Waals surface area contributed by atoms with Gasteiger partial charge in [0.1, 0.15) is 11.2 Å². The van der Waals surface area contributed by atoms with Crippen LogP contribution in [0.15, 0.2) is 35.5 Å². The van der Waals surface area contributed by atoms with Gasteiger partial charge in [0.15, 0.2) is 5.78 Å². The minimum atomic E-state index is -1.89. The van der Waals surface area contributed by atoms with E-state index in [-0.39, 0.29) is 13.0 Å². The van der Waals surface area contributed by atoms with Crippen LogP contribution in [-0.2, 0) is 14.3 Å². The molecule has 2 fully saturated rings. The molecule has 8 atom stereocenters. The summed E-state index contributed by atoms with van der Waals surface area (Å²) in [6, 6.07) is 0. The van der Waals surface area contributed by atoms with Gasteiger partial charge < -0.3 is 25.2 Å². The van der Waals surface area contributed by atoms with Crippen LogP contribution in [0, 0.1) is 29.1 Å². The van der Waals surface area contributed by atoms with E-state index in [1.54, 1.807) is 39.0 Å². The van der Waals surface area contributed by atoms with Crippen molar-refractivity contribution in [3.05, 3.63) is 35.5 Å². The number of esters is 1. The second kappa shape index (κ2) is 6.61. The van der Waals surface area contributed by atoms with Crippen LogP contribution < -0.4 is 0 Å². The van der Waals surface area contributed by atoms with Gasteiger partial charge in [-0.1, -0.05) is 39.0 Å². The summed E-state index contributed by atoms with van der Waals surface area (Å²) < 4.78 is 5.85. The SMILES string of the molecule is C/C=C/C(=O)O[C@@]12[C@H](O)[C@@H](C)[C@@]3(O)[C@@H](C=C(CO)C[C@]4(O)C(=O)C(C)=C[C@@H]34)[C@@H]1C2(C)C. The maximum absolute atomic E-state index is 12.9. The van der Waals surface area contributed by atoms with Gasteiger partial charge in [-0.25, -0.2) is 4.79 Å². The topological polar surface area (TPSA) is 124 Å². The van der Waals surface area contributed by atoms with Gasteiger partial charge in [0.25, 0.3) is 0 Å². The van der Waals surface area contributed by atoms with Crippen molar-refractivity contribution in [1.29, 1.82) is 0 Å². The molecular formula is C24H32O7. The highest BCUT2D eigenvalue weighted by Gasteiger charge is 2.86. The van der Waals surface area contributed by atoms with Crippen molar-refractivity contribution >= 4 is 11.8 Å². The molecule has 31 heavy (non-hydrogen) atoms. The molecule has 0 aromatic carbocycles. The molecule has 0 bridgehead atoms. The summed E-state index contributed by atoms with van der Waals surface area (Å²) in [5.41, 5.74) is -4.66. The van der Waals surface area contributed by atoms with Crippen molar-refractivity contribution in [2.24, 2.45) is 29.1 Å². The number of rotatable bonds is 3. The molecule has 0 aromatic heterocycles. The summed E-state index contributed by atoms with van der Waals surface area (Å²) >= 11 is 0. The molecule has 4 N–H and O–H groups in total. The lowest BCUT2D eigenvalue weighted by molar-refractivity contribution is -0.217. The number of fused-ring (bicyclic) bond motifs is 5. The smallest absolute Gasteiger partial charge is 0.331 e. The Bertz CT molecular complexity index is 930. The van der Waals surface area contributed by atoms with Gasteiger partial charge in [0.2, 0.25) is 0 Å². The van der Waals surface area contributed by atoms with E-state index in [0.29, 0.717) is 11.1 Å². The largest absolute Gasteiger partial charge is 0.452 e. The number of carbonyl (C=O) groups excluding carboxylic acids is 2. The van der Waals surface area contributed by atoms with E-state index in [0.717, 1.165) is 0 Å². The fraction of sp³-hybridized carbons (Fsp3) is 0.667. The van der Waals surface area contributed by atoms with Gasteiger partial charge in [-0.2, -0.15) is 0 Å². The summed E-state index contributed by atoms with van der Waals surface area (Å²) in [5.74, 6) is -3.93. The van der Waals surface area contributed by atoms with Crippen LogP contribution in [-0.4, -0.2) is 61.7 Å². The Hall–Kier alpha value is -1.80. The Kier molecular flexibility index (Phi) is 4.77. The quantitative estimate of drug-likeness (QED) is 0.299. The third-order valence-electron chi connectivity index (χ3n) is 8.57. The Balaban J connectivity index is 1.90. The van der Waals surface area contributed by atoms with Crippen LogP contribution >= 0.6 is 0 Å². The molecule has 7 nitrogen and oxygen atoms in total. The van der Waals surface area contributed by atoms with Gasteiger partial charge in [-0.3, -0.25) is 4.79 Å². The van der Waals surface area contributed by atoms with Crippen molar-refractivity contribution in [2.75, 3.05) is 6.61 Å². The third kappa shape index (κ3) is 2.49. The lowest BCUT2D eigenvalue weighted by Gasteiger charge is -2.52. The molecule has 0 aliphatic heterocycles. The summed E-state index contributed by atoms with van der Waals surface area (Å²) in [7, 11) is 0. The van der Waals surface area contributed by atoms with Crippen LogP contribution in [0.5, 0.6) is 0 Å². The average Bonchev–Trinajstić information content (AvgIpc) is 3.13. The predicted octanol–water partition coefficient (Wildman–Crippen LogP) is 1.06.